The molecule has 1 aromatic heterocycles. The summed E-state index contributed by atoms with van der Waals surface area (Å²) >= 11 is 0. The van der Waals surface area contributed by atoms with Gasteiger partial charge in [0, 0.05) is 29.6 Å². The molecule has 0 saturated carbocycles. The normalized spacial score (nSPS) is 19.8. The quantitative estimate of drug-likeness (QED) is 0.924. The number of H-pyrrole nitrogens is 1. The van der Waals surface area contributed by atoms with E-state index in [1.165, 1.54) is 0 Å². The Morgan fingerprint density at radius 3 is 2.78 bits per heavy atom. The Labute approximate surface area is 135 Å². The minimum absolute atomic E-state index is 0.0562. The Kier molecular flexibility index (Phi) is 4.06. The largest absolute Gasteiger partial charge is 0.497 e. The summed E-state index contributed by atoms with van der Waals surface area (Å²) in [4.78, 5) is 17.5. The summed E-state index contributed by atoms with van der Waals surface area (Å²) in [5.41, 5.74) is 1.29. The van der Waals surface area contributed by atoms with Crippen molar-refractivity contribution in [1.82, 2.24) is 9.88 Å². The molecule has 124 valence electrons. The number of aromatic nitrogens is 1. The lowest BCUT2D eigenvalue weighted by Crippen LogP contribution is -2.41. The third kappa shape index (κ3) is 3.06. The number of nitrogens with zero attached hydrogens (tertiary/aromatic N) is 1. The molecule has 1 saturated heterocycles. The molecule has 1 aliphatic heterocycles. The van der Waals surface area contributed by atoms with Crippen molar-refractivity contribution in [3.63, 3.8) is 0 Å². The van der Waals surface area contributed by atoms with E-state index in [1.54, 1.807) is 18.1 Å². The molecule has 0 bridgehead atoms. The molecule has 1 amide bonds. The van der Waals surface area contributed by atoms with Crippen LogP contribution in [0.5, 0.6) is 5.75 Å². The number of carbonyl (C=O) groups excluding carboxylic acids is 1. The molecule has 0 spiro atoms. The van der Waals surface area contributed by atoms with Crippen LogP contribution in [-0.2, 0) is 9.84 Å². The first-order valence-electron chi connectivity index (χ1n) is 7.61. The van der Waals surface area contributed by atoms with E-state index in [0.717, 1.165) is 10.9 Å². The zero-order chi connectivity index (χ0) is 16.6. The molecule has 7 heteroatoms. The van der Waals surface area contributed by atoms with Crippen molar-refractivity contribution in [2.45, 2.75) is 19.4 Å². The topological polar surface area (TPSA) is 79.5 Å². The number of rotatable bonds is 4. The van der Waals surface area contributed by atoms with Crippen LogP contribution < -0.4 is 4.74 Å². The van der Waals surface area contributed by atoms with E-state index >= 15 is 0 Å². The third-order valence-electron chi connectivity index (χ3n) is 4.31. The fraction of sp³-hybridized carbons (Fsp3) is 0.438. The molecular weight excluding hydrogens is 316 g/mol. The molecule has 23 heavy (non-hydrogen) atoms. The SMILES string of the molecule is CCN(C(=O)c1cc2ccc(OC)cc2[nH]1)C1CCS(=O)(=O)C1. The van der Waals surface area contributed by atoms with Gasteiger partial charge in [-0.1, -0.05) is 0 Å². The van der Waals surface area contributed by atoms with Gasteiger partial charge in [0.1, 0.15) is 11.4 Å². The number of nitrogens with one attached hydrogen (secondary N) is 1. The van der Waals surface area contributed by atoms with Crippen molar-refractivity contribution < 1.29 is 17.9 Å². The van der Waals surface area contributed by atoms with E-state index in [-0.39, 0.29) is 23.5 Å². The number of hydrogen-bond donors (Lipinski definition) is 1. The van der Waals surface area contributed by atoms with Gasteiger partial charge in [0.2, 0.25) is 0 Å². The van der Waals surface area contributed by atoms with Gasteiger partial charge in [-0.15, -0.1) is 0 Å². The first-order chi connectivity index (χ1) is 10.9. The highest BCUT2D eigenvalue weighted by Crippen LogP contribution is 2.24. The molecule has 1 N–H and O–H groups in total. The molecule has 1 unspecified atom stereocenters. The summed E-state index contributed by atoms with van der Waals surface area (Å²) in [5.74, 6) is 0.767. The number of sulfone groups is 1. The number of benzene rings is 1. The monoisotopic (exact) mass is 336 g/mol. The van der Waals surface area contributed by atoms with Gasteiger partial charge in [-0.05, 0) is 31.5 Å². The summed E-state index contributed by atoms with van der Waals surface area (Å²) in [6, 6.07) is 7.12. The van der Waals surface area contributed by atoms with E-state index in [0.29, 0.717) is 24.4 Å². The first kappa shape index (κ1) is 15.9. The summed E-state index contributed by atoms with van der Waals surface area (Å²) in [6.45, 7) is 2.35. The number of amides is 1. The minimum atomic E-state index is -3.02. The predicted molar refractivity (Wildman–Crippen MR) is 88.6 cm³/mol. The maximum atomic E-state index is 12.8. The maximum Gasteiger partial charge on any atom is 0.270 e. The van der Waals surface area contributed by atoms with Crippen LogP contribution in [0.25, 0.3) is 10.9 Å². The van der Waals surface area contributed by atoms with Gasteiger partial charge in [0.15, 0.2) is 9.84 Å². The van der Waals surface area contributed by atoms with Crippen molar-refractivity contribution in [2.75, 3.05) is 25.2 Å². The van der Waals surface area contributed by atoms with Crippen molar-refractivity contribution in [1.29, 1.82) is 0 Å². The average Bonchev–Trinajstić information content (AvgIpc) is 3.10. The van der Waals surface area contributed by atoms with Crippen LogP contribution in [0.15, 0.2) is 24.3 Å². The molecule has 2 heterocycles. The maximum absolute atomic E-state index is 12.8. The van der Waals surface area contributed by atoms with Crippen LogP contribution >= 0.6 is 0 Å². The van der Waals surface area contributed by atoms with Gasteiger partial charge < -0.3 is 14.6 Å². The fourth-order valence-corrected chi connectivity index (χ4v) is 4.82. The number of carbonyl (C=O) groups is 1. The minimum Gasteiger partial charge on any atom is -0.497 e. The Bertz CT molecular complexity index is 841. The van der Waals surface area contributed by atoms with Gasteiger partial charge in [0.05, 0.1) is 18.6 Å². The van der Waals surface area contributed by atoms with Crippen molar-refractivity contribution in [3.05, 3.63) is 30.0 Å². The van der Waals surface area contributed by atoms with E-state index in [2.05, 4.69) is 4.98 Å². The molecule has 6 nitrogen and oxygen atoms in total. The van der Waals surface area contributed by atoms with Gasteiger partial charge in [-0.3, -0.25) is 4.79 Å². The number of hydrogen-bond acceptors (Lipinski definition) is 4. The van der Waals surface area contributed by atoms with Crippen LogP contribution in [0.2, 0.25) is 0 Å². The summed E-state index contributed by atoms with van der Waals surface area (Å²) < 4.78 is 28.5. The van der Waals surface area contributed by atoms with Crippen LogP contribution in [0.3, 0.4) is 0 Å². The van der Waals surface area contributed by atoms with Crippen molar-refractivity contribution in [3.8, 4) is 5.75 Å². The fourth-order valence-electron chi connectivity index (χ4n) is 3.09. The highest BCUT2D eigenvalue weighted by molar-refractivity contribution is 7.91. The molecule has 0 aliphatic carbocycles. The second-order valence-electron chi connectivity index (χ2n) is 5.78. The van der Waals surface area contributed by atoms with Gasteiger partial charge >= 0.3 is 0 Å². The molecule has 2 aromatic rings. The van der Waals surface area contributed by atoms with E-state index in [4.69, 9.17) is 4.74 Å². The summed E-state index contributed by atoms with van der Waals surface area (Å²) in [6.07, 6.45) is 0.510. The average molecular weight is 336 g/mol. The second-order valence-corrected chi connectivity index (χ2v) is 8.01. The predicted octanol–water partition coefficient (Wildman–Crippen LogP) is 1.83. The Morgan fingerprint density at radius 1 is 1.39 bits per heavy atom. The van der Waals surface area contributed by atoms with Crippen molar-refractivity contribution in [2.24, 2.45) is 0 Å². The Morgan fingerprint density at radius 2 is 2.17 bits per heavy atom. The number of methoxy groups -OCH3 is 1. The lowest BCUT2D eigenvalue weighted by Gasteiger charge is -2.26. The van der Waals surface area contributed by atoms with Crippen LogP contribution in [0.1, 0.15) is 23.8 Å². The lowest BCUT2D eigenvalue weighted by molar-refractivity contribution is 0.0703. The molecule has 1 fully saturated rings. The zero-order valence-electron chi connectivity index (χ0n) is 13.2. The molecule has 3 rings (SSSR count). The molecule has 1 aliphatic rings. The Balaban J connectivity index is 1.89. The molecule has 0 radical (unpaired) electrons. The zero-order valence-corrected chi connectivity index (χ0v) is 14.0. The highest BCUT2D eigenvalue weighted by atomic mass is 32.2. The van der Waals surface area contributed by atoms with Crippen LogP contribution in [0, 0.1) is 0 Å². The Hall–Kier alpha value is -2.02. The van der Waals surface area contributed by atoms with Crippen molar-refractivity contribution >= 4 is 26.6 Å². The second kappa shape index (κ2) is 5.88. The number of aromatic amines is 1. The van der Waals surface area contributed by atoms with Crippen LogP contribution in [0.4, 0.5) is 0 Å². The van der Waals surface area contributed by atoms with E-state index in [1.807, 2.05) is 25.1 Å². The summed E-state index contributed by atoms with van der Waals surface area (Å²) in [5, 5.41) is 0.921. The van der Waals surface area contributed by atoms with E-state index in [9.17, 15) is 13.2 Å². The number of ether oxygens (including phenoxy) is 1. The molecule has 1 aromatic carbocycles. The highest BCUT2D eigenvalue weighted by Gasteiger charge is 2.34. The van der Waals surface area contributed by atoms with Gasteiger partial charge in [-0.2, -0.15) is 0 Å². The van der Waals surface area contributed by atoms with E-state index < -0.39 is 9.84 Å². The smallest absolute Gasteiger partial charge is 0.270 e. The lowest BCUT2D eigenvalue weighted by atomic mass is 10.2. The van der Waals surface area contributed by atoms with Gasteiger partial charge in [-0.25, -0.2) is 8.42 Å². The van der Waals surface area contributed by atoms with Crippen LogP contribution in [-0.4, -0.2) is 55.4 Å². The molecular formula is C16H20N2O4S. The standard InChI is InChI=1S/C16H20N2O4S/c1-3-18(12-6-7-23(20,21)10-12)16(19)15-8-11-4-5-13(22-2)9-14(11)17-15/h4-5,8-9,12,17H,3,6-7,10H2,1-2H3. The summed E-state index contributed by atoms with van der Waals surface area (Å²) in [7, 11) is -1.43. The first-order valence-corrected chi connectivity index (χ1v) is 9.44. The number of fused-ring (bicyclic) bond motifs is 1. The molecule has 1 atom stereocenters. The third-order valence-corrected chi connectivity index (χ3v) is 6.06. The van der Waals surface area contributed by atoms with Gasteiger partial charge in [0.25, 0.3) is 5.91 Å².